The number of carbonyl (C=O) groups excluding carboxylic acids is 1. The first kappa shape index (κ1) is 14.9. The maximum Gasteiger partial charge on any atom is 0.282 e. The number of aromatic nitrogens is 2. The van der Waals surface area contributed by atoms with Crippen molar-refractivity contribution in [2.24, 2.45) is 0 Å². The van der Waals surface area contributed by atoms with Gasteiger partial charge in [-0.1, -0.05) is 46.3 Å². The number of nitrogens with zero attached hydrogens (tertiary/aromatic N) is 2. The molecule has 2 rings (SSSR count). The Balaban J connectivity index is 1.90. The van der Waals surface area contributed by atoms with Gasteiger partial charge >= 0.3 is 0 Å². The van der Waals surface area contributed by atoms with Gasteiger partial charge in [0.25, 0.3) is 5.91 Å². The van der Waals surface area contributed by atoms with Crippen LogP contribution in [0.2, 0.25) is 0 Å². The van der Waals surface area contributed by atoms with E-state index < -0.39 is 0 Å². The van der Waals surface area contributed by atoms with Crippen molar-refractivity contribution < 1.29 is 4.79 Å². The largest absolute Gasteiger partial charge is 0.360 e. The molecule has 0 unspecified atom stereocenters. The van der Waals surface area contributed by atoms with Crippen molar-refractivity contribution in [3.8, 4) is 0 Å². The molecule has 2 aromatic rings. The van der Waals surface area contributed by atoms with Crippen LogP contribution < -0.4 is 10.6 Å². The molecule has 0 atom stereocenters. The van der Waals surface area contributed by atoms with Crippen molar-refractivity contribution in [3.63, 3.8) is 0 Å². The Labute approximate surface area is 129 Å². The van der Waals surface area contributed by atoms with Crippen molar-refractivity contribution in [2.75, 3.05) is 11.9 Å². The number of anilines is 1. The van der Waals surface area contributed by atoms with Crippen molar-refractivity contribution in [1.29, 1.82) is 0 Å². The number of hydrogen-bond acceptors (Lipinski definition) is 5. The highest BCUT2D eigenvalue weighted by Gasteiger charge is 2.12. The van der Waals surface area contributed by atoms with Crippen molar-refractivity contribution in [2.45, 2.75) is 19.9 Å². The molecule has 1 amide bonds. The number of nitrogens with one attached hydrogen (secondary N) is 2. The molecular formula is C13H15BrN4OS. The molecule has 1 aromatic heterocycles. The average molecular weight is 355 g/mol. The molecule has 0 spiro atoms. The van der Waals surface area contributed by atoms with Gasteiger partial charge in [-0.05, 0) is 24.1 Å². The van der Waals surface area contributed by atoms with E-state index in [-0.39, 0.29) is 5.91 Å². The molecule has 106 valence electrons. The fourth-order valence-electron chi connectivity index (χ4n) is 1.52. The molecule has 0 radical (unpaired) electrons. The molecule has 20 heavy (non-hydrogen) atoms. The van der Waals surface area contributed by atoms with Crippen LogP contribution >= 0.6 is 27.3 Å². The van der Waals surface area contributed by atoms with E-state index in [4.69, 9.17) is 0 Å². The summed E-state index contributed by atoms with van der Waals surface area (Å²) in [5.74, 6) is -0.202. The van der Waals surface area contributed by atoms with Gasteiger partial charge < -0.3 is 10.6 Å². The number of hydrogen-bond donors (Lipinski definition) is 2. The third-order valence-corrected chi connectivity index (χ3v) is 3.86. The summed E-state index contributed by atoms with van der Waals surface area (Å²) in [6.07, 6.45) is 1.00. The number of carbonyl (C=O) groups is 1. The SMILES string of the molecule is CCCNc1nnc(C(=O)NCc2cccc(Br)c2)s1. The van der Waals surface area contributed by atoms with E-state index in [1.807, 2.05) is 24.3 Å². The molecule has 0 fully saturated rings. The first-order valence-electron chi connectivity index (χ1n) is 6.29. The molecule has 0 aliphatic heterocycles. The second-order valence-electron chi connectivity index (χ2n) is 4.15. The van der Waals surface area contributed by atoms with Crippen LogP contribution in [0.15, 0.2) is 28.7 Å². The smallest absolute Gasteiger partial charge is 0.282 e. The molecule has 1 aromatic carbocycles. The van der Waals surface area contributed by atoms with Gasteiger partial charge in [-0.3, -0.25) is 4.79 Å². The lowest BCUT2D eigenvalue weighted by atomic mass is 10.2. The predicted molar refractivity (Wildman–Crippen MR) is 84.0 cm³/mol. The van der Waals surface area contributed by atoms with Gasteiger partial charge in [0.2, 0.25) is 10.1 Å². The summed E-state index contributed by atoms with van der Waals surface area (Å²) in [5, 5.41) is 14.8. The summed E-state index contributed by atoms with van der Waals surface area (Å²) >= 11 is 4.66. The van der Waals surface area contributed by atoms with E-state index in [1.54, 1.807) is 0 Å². The molecule has 0 saturated carbocycles. The zero-order valence-corrected chi connectivity index (χ0v) is 13.4. The van der Waals surface area contributed by atoms with E-state index in [1.165, 1.54) is 11.3 Å². The van der Waals surface area contributed by atoms with Crippen LogP contribution in [0, 0.1) is 0 Å². The zero-order chi connectivity index (χ0) is 14.4. The van der Waals surface area contributed by atoms with E-state index in [2.05, 4.69) is 43.7 Å². The molecular weight excluding hydrogens is 340 g/mol. The molecule has 5 nitrogen and oxygen atoms in total. The summed E-state index contributed by atoms with van der Waals surface area (Å²) < 4.78 is 0.992. The topological polar surface area (TPSA) is 66.9 Å². The standard InChI is InChI=1S/C13H15BrN4OS/c1-2-6-15-13-18-17-12(20-13)11(19)16-8-9-4-3-5-10(14)7-9/h3-5,7H,2,6,8H2,1H3,(H,15,18)(H,16,19). The number of halogens is 1. The van der Waals surface area contributed by atoms with Crippen LogP contribution in [-0.4, -0.2) is 22.6 Å². The predicted octanol–water partition coefficient (Wildman–Crippen LogP) is 3.05. The van der Waals surface area contributed by atoms with Gasteiger partial charge in [0.1, 0.15) is 0 Å². The molecule has 2 N–H and O–H groups in total. The average Bonchev–Trinajstić information content (AvgIpc) is 2.91. The highest BCUT2D eigenvalue weighted by molar-refractivity contribution is 9.10. The maximum absolute atomic E-state index is 11.9. The lowest BCUT2D eigenvalue weighted by molar-refractivity contribution is 0.0950. The van der Waals surface area contributed by atoms with Crippen molar-refractivity contribution in [3.05, 3.63) is 39.3 Å². The Hall–Kier alpha value is -1.47. The van der Waals surface area contributed by atoms with Crippen LogP contribution in [0.3, 0.4) is 0 Å². The lowest BCUT2D eigenvalue weighted by Crippen LogP contribution is -2.22. The van der Waals surface area contributed by atoms with Crippen LogP contribution in [-0.2, 0) is 6.54 Å². The molecule has 0 aliphatic carbocycles. The van der Waals surface area contributed by atoms with Crippen LogP contribution in [0.1, 0.15) is 28.7 Å². The fraction of sp³-hybridized carbons (Fsp3) is 0.308. The number of rotatable bonds is 6. The fourth-order valence-corrected chi connectivity index (χ4v) is 2.66. The minimum Gasteiger partial charge on any atom is -0.360 e. The lowest BCUT2D eigenvalue weighted by Gasteiger charge is -2.03. The summed E-state index contributed by atoms with van der Waals surface area (Å²) in [4.78, 5) is 11.9. The Morgan fingerprint density at radius 1 is 1.40 bits per heavy atom. The Kier molecular flexibility index (Phi) is 5.49. The Morgan fingerprint density at radius 3 is 3.00 bits per heavy atom. The minimum absolute atomic E-state index is 0.202. The van der Waals surface area contributed by atoms with Crippen LogP contribution in [0.25, 0.3) is 0 Å². The normalized spacial score (nSPS) is 10.3. The highest BCUT2D eigenvalue weighted by Crippen LogP contribution is 2.15. The third kappa shape index (κ3) is 4.28. The second-order valence-corrected chi connectivity index (χ2v) is 6.04. The number of benzene rings is 1. The second kappa shape index (κ2) is 7.35. The van der Waals surface area contributed by atoms with Gasteiger partial charge in [0.05, 0.1) is 0 Å². The molecule has 0 aliphatic rings. The summed E-state index contributed by atoms with van der Waals surface area (Å²) in [7, 11) is 0. The van der Waals surface area contributed by atoms with Gasteiger partial charge in [-0.15, -0.1) is 10.2 Å². The van der Waals surface area contributed by atoms with Crippen LogP contribution in [0.5, 0.6) is 0 Å². The van der Waals surface area contributed by atoms with E-state index in [0.29, 0.717) is 16.7 Å². The van der Waals surface area contributed by atoms with Crippen LogP contribution in [0.4, 0.5) is 5.13 Å². The molecule has 0 bridgehead atoms. The van der Waals surface area contributed by atoms with Gasteiger partial charge in [0.15, 0.2) is 0 Å². The summed E-state index contributed by atoms with van der Waals surface area (Å²) in [5.41, 5.74) is 1.03. The minimum atomic E-state index is -0.202. The third-order valence-electron chi connectivity index (χ3n) is 2.49. The zero-order valence-electron chi connectivity index (χ0n) is 11.0. The van der Waals surface area contributed by atoms with Crippen molar-refractivity contribution >= 4 is 38.3 Å². The first-order valence-corrected chi connectivity index (χ1v) is 7.90. The monoisotopic (exact) mass is 354 g/mol. The first-order chi connectivity index (χ1) is 9.69. The van der Waals surface area contributed by atoms with Crippen molar-refractivity contribution in [1.82, 2.24) is 15.5 Å². The number of amides is 1. The van der Waals surface area contributed by atoms with Gasteiger partial charge in [0, 0.05) is 17.6 Å². The van der Waals surface area contributed by atoms with E-state index in [9.17, 15) is 4.79 Å². The molecule has 7 heteroatoms. The Morgan fingerprint density at radius 2 is 2.25 bits per heavy atom. The summed E-state index contributed by atoms with van der Waals surface area (Å²) in [6, 6.07) is 7.80. The van der Waals surface area contributed by atoms with Gasteiger partial charge in [-0.2, -0.15) is 0 Å². The van der Waals surface area contributed by atoms with E-state index >= 15 is 0 Å². The molecule has 1 heterocycles. The Bertz CT molecular complexity index is 587. The molecule has 0 saturated heterocycles. The quantitative estimate of drug-likeness (QED) is 0.836. The van der Waals surface area contributed by atoms with Gasteiger partial charge in [-0.25, -0.2) is 0 Å². The maximum atomic E-state index is 11.9. The highest BCUT2D eigenvalue weighted by atomic mass is 79.9. The summed E-state index contributed by atoms with van der Waals surface area (Å²) in [6.45, 7) is 3.36. The van der Waals surface area contributed by atoms with E-state index in [0.717, 1.165) is 23.0 Å².